The summed E-state index contributed by atoms with van der Waals surface area (Å²) in [4.78, 5) is 30.5. The lowest BCUT2D eigenvalue weighted by atomic mass is 10.00. The van der Waals surface area contributed by atoms with Gasteiger partial charge in [0.05, 0.1) is 23.8 Å². The highest BCUT2D eigenvalue weighted by Crippen LogP contribution is 2.43. The second kappa shape index (κ2) is 8.36. The maximum Gasteiger partial charge on any atom is 0.232 e. The van der Waals surface area contributed by atoms with Crippen molar-refractivity contribution in [2.75, 3.05) is 15.7 Å². The summed E-state index contributed by atoms with van der Waals surface area (Å²) < 4.78 is 0. The predicted octanol–water partition coefficient (Wildman–Crippen LogP) is 4.75. The van der Waals surface area contributed by atoms with Crippen LogP contribution in [0.2, 0.25) is 0 Å². The van der Waals surface area contributed by atoms with Gasteiger partial charge in [0.2, 0.25) is 11.8 Å². The highest BCUT2D eigenvalue weighted by Gasteiger charge is 2.45. The number of amides is 2. The lowest BCUT2D eigenvalue weighted by molar-refractivity contribution is -0.123. The van der Waals surface area contributed by atoms with Crippen LogP contribution >= 0.6 is 11.6 Å². The van der Waals surface area contributed by atoms with Gasteiger partial charge in [0.1, 0.15) is 0 Å². The number of nitrogens with zero attached hydrogens (tertiary/aromatic N) is 2. The molecule has 146 valence electrons. The van der Waals surface area contributed by atoms with Crippen LogP contribution in [0.1, 0.15) is 37.7 Å². The zero-order valence-electron chi connectivity index (χ0n) is 15.9. The van der Waals surface area contributed by atoms with Crippen molar-refractivity contribution in [3.05, 3.63) is 60.2 Å². The van der Waals surface area contributed by atoms with Crippen LogP contribution < -0.4 is 9.80 Å². The van der Waals surface area contributed by atoms with E-state index in [-0.39, 0.29) is 23.8 Å². The number of benzene rings is 2. The van der Waals surface area contributed by atoms with Crippen LogP contribution in [-0.4, -0.2) is 23.7 Å². The van der Waals surface area contributed by atoms with E-state index >= 15 is 0 Å². The Hall–Kier alpha value is -2.33. The summed E-state index contributed by atoms with van der Waals surface area (Å²) in [5, 5.41) is 0. The molecule has 1 heterocycles. The number of halogens is 1. The molecule has 0 bridgehead atoms. The first-order chi connectivity index (χ1) is 13.7. The molecule has 2 amide bonds. The van der Waals surface area contributed by atoms with Gasteiger partial charge in [-0.15, -0.1) is 11.6 Å². The molecule has 1 aliphatic carbocycles. The number of alkyl halides is 1. The van der Waals surface area contributed by atoms with Gasteiger partial charge in [0.25, 0.3) is 0 Å². The second-order valence-corrected chi connectivity index (χ2v) is 7.94. The Morgan fingerprint density at radius 1 is 1.00 bits per heavy atom. The Morgan fingerprint density at radius 3 is 2.46 bits per heavy atom. The van der Waals surface area contributed by atoms with E-state index in [1.165, 1.54) is 0 Å². The van der Waals surface area contributed by atoms with E-state index in [0.29, 0.717) is 25.3 Å². The van der Waals surface area contributed by atoms with Crippen molar-refractivity contribution in [3.8, 4) is 0 Å². The molecule has 5 heteroatoms. The van der Waals surface area contributed by atoms with Crippen molar-refractivity contribution in [2.24, 2.45) is 5.92 Å². The van der Waals surface area contributed by atoms with Gasteiger partial charge in [-0.2, -0.15) is 0 Å². The molecule has 4 rings (SSSR count). The van der Waals surface area contributed by atoms with Crippen LogP contribution in [0.25, 0.3) is 0 Å². The first-order valence-electron chi connectivity index (χ1n) is 10.0. The zero-order chi connectivity index (χ0) is 19.5. The molecular formula is C23H25ClN2O2. The molecule has 2 aromatic carbocycles. The molecule has 0 radical (unpaired) electrons. The van der Waals surface area contributed by atoms with Crippen molar-refractivity contribution < 1.29 is 9.59 Å². The zero-order valence-corrected chi connectivity index (χ0v) is 16.6. The minimum absolute atomic E-state index is 0.0581. The van der Waals surface area contributed by atoms with Crippen LogP contribution in [0.3, 0.4) is 0 Å². The van der Waals surface area contributed by atoms with Crippen molar-refractivity contribution in [1.82, 2.24) is 0 Å². The lowest BCUT2D eigenvalue weighted by Crippen LogP contribution is -2.45. The van der Waals surface area contributed by atoms with Gasteiger partial charge in [-0.3, -0.25) is 9.59 Å². The summed E-state index contributed by atoms with van der Waals surface area (Å²) in [6.07, 6.45) is 3.74. The molecule has 1 fully saturated rings. The minimum atomic E-state index is -0.143. The van der Waals surface area contributed by atoms with Gasteiger partial charge in [0.15, 0.2) is 0 Å². The largest absolute Gasteiger partial charge is 0.307 e. The monoisotopic (exact) mass is 396 g/mol. The summed E-state index contributed by atoms with van der Waals surface area (Å²) in [6, 6.07) is 17.8. The summed E-state index contributed by atoms with van der Waals surface area (Å²) in [5.74, 6) is 0.524. The highest BCUT2D eigenvalue weighted by atomic mass is 35.5. The summed E-state index contributed by atoms with van der Waals surface area (Å²) >= 11 is 5.83. The molecular weight excluding hydrogens is 372 g/mol. The topological polar surface area (TPSA) is 40.6 Å². The maximum absolute atomic E-state index is 13.5. The summed E-state index contributed by atoms with van der Waals surface area (Å²) in [5.41, 5.74) is 2.76. The van der Waals surface area contributed by atoms with Crippen molar-refractivity contribution in [1.29, 1.82) is 0 Å². The fourth-order valence-corrected chi connectivity index (χ4v) is 4.65. The Labute approximate surface area is 171 Å². The number of anilines is 2. The van der Waals surface area contributed by atoms with Gasteiger partial charge in [0, 0.05) is 18.3 Å². The molecule has 28 heavy (non-hydrogen) atoms. The number of fused-ring (bicyclic) bond motifs is 2. The standard InChI is InChI=1S/C23H25ClN2O2/c24-15-7-14-22(27)26-19-13-6-10-18(19)23(28)25(16-17-8-2-1-3-9-17)20-11-4-5-12-21(20)26/h1-5,8-9,11-12,18-19H,6-7,10,13-16H2/t18-,19+/m0/s1. The smallest absolute Gasteiger partial charge is 0.232 e. The van der Waals surface area contributed by atoms with E-state index in [1.54, 1.807) is 0 Å². The van der Waals surface area contributed by atoms with E-state index in [2.05, 4.69) is 0 Å². The van der Waals surface area contributed by atoms with Crippen molar-refractivity contribution in [3.63, 3.8) is 0 Å². The average Bonchev–Trinajstić information content (AvgIpc) is 3.17. The van der Waals surface area contributed by atoms with Crippen LogP contribution in [0.5, 0.6) is 0 Å². The van der Waals surface area contributed by atoms with E-state index in [9.17, 15) is 9.59 Å². The first kappa shape index (κ1) is 19.0. The van der Waals surface area contributed by atoms with Crippen molar-refractivity contribution in [2.45, 2.75) is 44.7 Å². The molecule has 0 spiro atoms. The molecule has 1 aliphatic heterocycles. The van der Waals surface area contributed by atoms with Gasteiger partial charge in [-0.25, -0.2) is 0 Å². The molecule has 2 aliphatic rings. The Bertz CT molecular complexity index is 855. The quantitative estimate of drug-likeness (QED) is 0.684. The van der Waals surface area contributed by atoms with E-state index in [0.717, 1.165) is 36.2 Å². The first-order valence-corrected chi connectivity index (χ1v) is 10.6. The molecule has 1 saturated carbocycles. The van der Waals surface area contributed by atoms with Crippen LogP contribution in [0.15, 0.2) is 54.6 Å². The normalized spacial score (nSPS) is 21.2. The molecule has 0 saturated heterocycles. The molecule has 0 aromatic heterocycles. The minimum Gasteiger partial charge on any atom is -0.307 e. The van der Waals surface area contributed by atoms with Gasteiger partial charge in [-0.1, -0.05) is 48.9 Å². The van der Waals surface area contributed by atoms with Crippen LogP contribution in [-0.2, 0) is 16.1 Å². The number of rotatable bonds is 5. The Kier molecular flexibility index (Phi) is 5.67. The van der Waals surface area contributed by atoms with Crippen LogP contribution in [0, 0.1) is 5.92 Å². The lowest BCUT2D eigenvalue weighted by Gasteiger charge is -2.30. The third-order valence-electron chi connectivity index (χ3n) is 5.80. The average molecular weight is 397 g/mol. The van der Waals surface area contributed by atoms with Gasteiger partial charge < -0.3 is 9.80 Å². The molecule has 2 aromatic rings. The van der Waals surface area contributed by atoms with Gasteiger partial charge in [-0.05, 0) is 37.0 Å². The van der Waals surface area contributed by atoms with Crippen LogP contribution in [0.4, 0.5) is 11.4 Å². The van der Waals surface area contributed by atoms with E-state index in [1.807, 2.05) is 64.4 Å². The molecule has 4 nitrogen and oxygen atoms in total. The number of hydrogen-bond acceptors (Lipinski definition) is 2. The summed E-state index contributed by atoms with van der Waals surface area (Å²) in [7, 11) is 0. The number of carbonyl (C=O) groups excluding carboxylic acids is 2. The number of carbonyl (C=O) groups is 2. The third-order valence-corrected chi connectivity index (χ3v) is 6.07. The summed E-state index contributed by atoms with van der Waals surface area (Å²) in [6.45, 7) is 0.517. The maximum atomic E-state index is 13.5. The fraction of sp³-hybridized carbons (Fsp3) is 0.391. The third kappa shape index (κ3) is 3.53. The molecule has 0 unspecified atom stereocenters. The van der Waals surface area contributed by atoms with E-state index in [4.69, 9.17) is 11.6 Å². The van der Waals surface area contributed by atoms with E-state index < -0.39 is 0 Å². The molecule has 2 atom stereocenters. The number of para-hydroxylation sites is 2. The predicted molar refractivity (Wildman–Crippen MR) is 113 cm³/mol. The van der Waals surface area contributed by atoms with Crippen molar-refractivity contribution >= 4 is 34.8 Å². The Morgan fingerprint density at radius 2 is 1.71 bits per heavy atom. The second-order valence-electron chi connectivity index (χ2n) is 7.56. The SMILES string of the molecule is O=C1[C@H]2CCC[C@H]2N(C(=O)CCCCl)c2ccccc2N1Cc1ccccc1. The Balaban J connectivity index is 1.78. The highest BCUT2D eigenvalue weighted by molar-refractivity contribution is 6.18. The number of hydrogen-bond donors (Lipinski definition) is 0. The fourth-order valence-electron chi connectivity index (χ4n) is 4.52. The molecule has 0 N–H and O–H groups in total. The van der Waals surface area contributed by atoms with Gasteiger partial charge >= 0.3 is 0 Å².